The Labute approximate surface area is 338 Å². The second kappa shape index (κ2) is 15.7. The number of hydrogen-bond donors (Lipinski definition) is 4. The molecule has 4 aromatic rings. The minimum Gasteiger partial charge on any atom is -0.456 e. The van der Waals surface area contributed by atoms with E-state index in [1.54, 1.807) is 19.9 Å². The molecule has 0 radical (unpaired) electrons. The Balaban J connectivity index is 1.17. The smallest absolute Gasteiger partial charge is 0.346 e. The summed E-state index contributed by atoms with van der Waals surface area (Å²) in [6.45, 7) is 25.0. The van der Waals surface area contributed by atoms with Gasteiger partial charge < -0.3 is 43.5 Å². The monoisotopic (exact) mass is 828 g/mol. The van der Waals surface area contributed by atoms with E-state index in [0.717, 1.165) is 35.1 Å². The summed E-state index contributed by atoms with van der Waals surface area (Å²) in [5.41, 5.74) is 4.89. The molecule has 1 fully saturated rings. The van der Waals surface area contributed by atoms with Gasteiger partial charge in [-0.25, -0.2) is 4.98 Å². The van der Waals surface area contributed by atoms with Gasteiger partial charge in [0.2, 0.25) is 0 Å². The Morgan fingerprint density at radius 3 is 2.30 bits per heavy atom. The molecule has 16 heteroatoms. The third-order valence-corrected chi connectivity index (χ3v) is 17.2. The van der Waals surface area contributed by atoms with E-state index >= 15 is 0 Å². The number of benzene rings is 1. The number of imidazole rings is 1. The summed E-state index contributed by atoms with van der Waals surface area (Å²) in [6, 6.07) is 11.3. The first-order valence-electron chi connectivity index (χ1n) is 19.5. The molecular weight excluding hydrogens is 768 g/mol. The number of aliphatic hydroxyl groups is 2. The van der Waals surface area contributed by atoms with Crippen LogP contribution in [0.25, 0.3) is 11.2 Å². The highest BCUT2D eigenvalue weighted by Gasteiger charge is 2.56. The molecule has 308 valence electrons. The second-order valence-electron chi connectivity index (χ2n) is 19.4. The summed E-state index contributed by atoms with van der Waals surface area (Å²) in [7, 11) is -4.65. The number of aromatic amines is 1. The number of aliphatic hydroxyl groups excluding tert-OH is 1. The van der Waals surface area contributed by atoms with E-state index < -0.39 is 56.7 Å². The lowest BCUT2D eigenvalue weighted by molar-refractivity contribution is -0.00916. The molecule has 1 unspecified atom stereocenters. The molecule has 0 aliphatic carbocycles. The largest absolute Gasteiger partial charge is 0.456 e. The Bertz CT molecular complexity index is 1940. The molecule has 4 atom stereocenters. The molecule has 0 spiro atoms. The van der Waals surface area contributed by atoms with Crippen molar-refractivity contribution in [3.05, 3.63) is 64.1 Å². The van der Waals surface area contributed by atoms with E-state index in [1.807, 2.05) is 52.4 Å². The second-order valence-corrected chi connectivity index (χ2v) is 30.0. The van der Waals surface area contributed by atoms with E-state index in [9.17, 15) is 15.0 Å². The fraction of sp³-hybridized carbons (Fsp3) is 0.625. The first-order valence-corrected chi connectivity index (χ1v) is 25.5. The molecule has 1 aromatic carbocycles. The van der Waals surface area contributed by atoms with Gasteiger partial charge in [-0.3, -0.25) is 4.68 Å². The number of hydrogen-bond acceptors (Lipinski definition) is 11. The zero-order valence-electron chi connectivity index (χ0n) is 34.8. The molecule has 0 bridgehead atoms. The van der Waals surface area contributed by atoms with Crippen molar-refractivity contribution in [3.8, 4) is 6.01 Å². The van der Waals surface area contributed by atoms with Crippen molar-refractivity contribution >= 4 is 45.1 Å². The SMILES string of the molecule is CC(C)(O)Cn1cc2c(n1)CN(c1ccc(C(OCC[Si](C)(C)C)c3nc4nc(O[C@@H]5CO[C@H](CO[Si](O)(C(C)(C)C)C(C)(C)C)[C@H]5O)[nH]c4cc3Cl)cc1)C2. The minimum absolute atomic E-state index is 0.0488. The van der Waals surface area contributed by atoms with Gasteiger partial charge in [-0.2, -0.15) is 10.1 Å². The van der Waals surface area contributed by atoms with E-state index in [4.69, 9.17) is 40.3 Å². The maximum atomic E-state index is 11.7. The van der Waals surface area contributed by atoms with Crippen LogP contribution >= 0.6 is 11.6 Å². The van der Waals surface area contributed by atoms with E-state index in [2.05, 4.69) is 58.8 Å². The number of aromatic nitrogens is 5. The highest BCUT2D eigenvalue weighted by molar-refractivity contribution is 6.76. The highest BCUT2D eigenvalue weighted by atomic mass is 35.5. The van der Waals surface area contributed by atoms with Crippen molar-refractivity contribution in [2.75, 3.05) is 24.7 Å². The van der Waals surface area contributed by atoms with Gasteiger partial charge in [0, 0.05) is 48.7 Å². The van der Waals surface area contributed by atoms with Crippen molar-refractivity contribution < 1.29 is 33.6 Å². The van der Waals surface area contributed by atoms with Gasteiger partial charge in [-0.15, -0.1) is 0 Å². The van der Waals surface area contributed by atoms with E-state index in [-0.39, 0.29) is 19.2 Å². The van der Waals surface area contributed by atoms with Crippen LogP contribution < -0.4 is 9.64 Å². The summed E-state index contributed by atoms with van der Waals surface area (Å²) >= 11 is 6.95. The molecule has 2 aliphatic heterocycles. The predicted octanol–water partition coefficient (Wildman–Crippen LogP) is 7.10. The zero-order valence-corrected chi connectivity index (χ0v) is 37.6. The molecule has 56 heavy (non-hydrogen) atoms. The molecule has 4 N–H and O–H groups in total. The van der Waals surface area contributed by atoms with Gasteiger partial charge in [0.1, 0.15) is 18.3 Å². The van der Waals surface area contributed by atoms with Gasteiger partial charge in [-0.05, 0) is 43.7 Å². The summed E-state index contributed by atoms with van der Waals surface area (Å²) < 4.78 is 26.7. The van der Waals surface area contributed by atoms with Crippen LogP contribution in [0.15, 0.2) is 36.5 Å². The van der Waals surface area contributed by atoms with Crippen LogP contribution in [0.5, 0.6) is 6.01 Å². The van der Waals surface area contributed by atoms with Crippen molar-refractivity contribution in [1.29, 1.82) is 0 Å². The van der Waals surface area contributed by atoms with E-state index in [1.165, 1.54) is 0 Å². The van der Waals surface area contributed by atoms with Crippen molar-refractivity contribution in [2.24, 2.45) is 0 Å². The third kappa shape index (κ3) is 9.53. The lowest BCUT2D eigenvalue weighted by atomic mass is 10.0. The topological polar surface area (TPSA) is 160 Å². The number of halogens is 1. The summed E-state index contributed by atoms with van der Waals surface area (Å²) in [4.78, 5) is 26.6. The summed E-state index contributed by atoms with van der Waals surface area (Å²) in [5, 5.41) is 25.7. The van der Waals surface area contributed by atoms with Gasteiger partial charge in [0.15, 0.2) is 11.8 Å². The Kier molecular flexibility index (Phi) is 12.0. The molecule has 0 saturated carbocycles. The number of pyridine rings is 1. The summed E-state index contributed by atoms with van der Waals surface area (Å²) in [6.07, 6.45) is -0.885. The first-order chi connectivity index (χ1) is 25.9. The standard InChI is InChI=1S/C40H61ClN6O7Si2/c1-38(2,3)56(50,39(4,5)6)53-23-31-34(48)32(22-52-31)54-37-42-29-18-28(41)33(43-36(29)44-37)35(51-16-17-55(9,10)11)25-12-14-27(15-13-25)46-19-26-20-47(24-40(7,8)49)45-30(26)21-46/h12-15,18,20,31-32,34-35,48-50H,16-17,19,21-24H2,1-11H3,(H,42,43,44)/t31-,32-,34-,35?/m1/s1. The molecule has 5 heterocycles. The fourth-order valence-electron chi connectivity index (χ4n) is 7.50. The Morgan fingerprint density at radius 2 is 1.70 bits per heavy atom. The maximum absolute atomic E-state index is 11.7. The normalized spacial score (nSPS) is 20.3. The number of nitrogens with one attached hydrogen (secondary N) is 1. The lowest BCUT2D eigenvalue weighted by Crippen LogP contribution is -2.56. The third-order valence-electron chi connectivity index (χ3n) is 10.5. The van der Waals surface area contributed by atoms with Crippen LogP contribution in [-0.4, -0.2) is 100 Å². The minimum atomic E-state index is -3.25. The van der Waals surface area contributed by atoms with Crippen molar-refractivity contribution in [2.45, 2.75) is 141 Å². The van der Waals surface area contributed by atoms with Crippen LogP contribution in [0.3, 0.4) is 0 Å². The molecule has 2 aliphatic rings. The Morgan fingerprint density at radius 1 is 1.02 bits per heavy atom. The number of nitrogens with zero attached hydrogens (tertiary/aromatic N) is 5. The Hall–Kier alpha value is -2.87. The van der Waals surface area contributed by atoms with Gasteiger partial charge >= 0.3 is 8.56 Å². The fourth-order valence-corrected chi connectivity index (χ4v) is 12.0. The van der Waals surface area contributed by atoms with Crippen LogP contribution in [0, 0.1) is 0 Å². The maximum Gasteiger partial charge on any atom is 0.346 e. The first kappa shape index (κ1) is 42.7. The molecule has 0 amide bonds. The lowest BCUT2D eigenvalue weighted by Gasteiger charge is -2.45. The van der Waals surface area contributed by atoms with E-state index in [0.29, 0.717) is 41.6 Å². The molecule has 13 nitrogen and oxygen atoms in total. The average Bonchev–Trinajstić information content (AvgIpc) is 3.83. The van der Waals surface area contributed by atoms with Crippen LogP contribution in [-0.2, 0) is 33.5 Å². The number of fused-ring (bicyclic) bond motifs is 2. The molecule has 6 rings (SSSR count). The van der Waals surface area contributed by atoms with Crippen molar-refractivity contribution in [3.63, 3.8) is 0 Å². The van der Waals surface area contributed by atoms with Gasteiger partial charge in [0.25, 0.3) is 6.01 Å². The molecule has 1 saturated heterocycles. The van der Waals surface area contributed by atoms with Crippen molar-refractivity contribution in [1.82, 2.24) is 24.7 Å². The quantitative estimate of drug-likeness (QED) is 0.0961. The molecule has 3 aromatic heterocycles. The number of ether oxygens (including phenoxy) is 3. The number of H-pyrrole nitrogens is 1. The molecular formula is C40H61ClN6O7Si2. The summed E-state index contributed by atoms with van der Waals surface area (Å²) in [5.74, 6) is 0. The van der Waals surface area contributed by atoms with Gasteiger partial charge in [-0.1, -0.05) is 84.9 Å². The van der Waals surface area contributed by atoms with Crippen LogP contribution in [0.4, 0.5) is 5.69 Å². The predicted molar refractivity (Wildman–Crippen MR) is 223 cm³/mol. The van der Waals surface area contributed by atoms with Crippen LogP contribution in [0.1, 0.15) is 84.0 Å². The zero-order chi connectivity index (χ0) is 41.0. The highest BCUT2D eigenvalue weighted by Crippen LogP contribution is 2.50. The van der Waals surface area contributed by atoms with Gasteiger partial charge in [0.05, 0.1) is 53.8 Å². The average molecular weight is 830 g/mol. The van der Waals surface area contributed by atoms with Crippen LogP contribution in [0.2, 0.25) is 40.8 Å². The number of anilines is 1. The number of rotatable bonds is 14.